The average Bonchev–Trinajstić information content (AvgIpc) is 2.39. The van der Waals surface area contributed by atoms with Gasteiger partial charge in [-0.2, -0.15) is 0 Å². The lowest BCUT2D eigenvalue weighted by molar-refractivity contribution is 0.0325. The maximum absolute atomic E-state index is 10.3. The summed E-state index contributed by atoms with van der Waals surface area (Å²) in [6.45, 7) is 2.25. The van der Waals surface area contributed by atoms with Crippen LogP contribution < -0.4 is 0 Å². The third-order valence-electron chi connectivity index (χ3n) is 2.71. The lowest BCUT2D eigenvalue weighted by Gasteiger charge is -2.17. The molecule has 0 bridgehead atoms. The van der Waals surface area contributed by atoms with Crippen LogP contribution in [0.5, 0.6) is 0 Å². The molecule has 18 heavy (non-hydrogen) atoms. The average molecular weight is 252 g/mol. The van der Waals surface area contributed by atoms with Gasteiger partial charge in [0.15, 0.2) is 16.8 Å². The quantitative estimate of drug-likeness (QED) is 0.382. The van der Waals surface area contributed by atoms with Crippen LogP contribution in [0.3, 0.4) is 0 Å². The van der Waals surface area contributed by atoms with Gasteiger partial charge < -0.3 is 9.68 Å². The lowest BCUT2D eigenvalue weighted by atomic mass is 9.96. The molecule has 0 heterocycles. The zero-order chi connectivity index (χ0) is 13.2. The standard InChI is InChI=1S/C12H16N2O4/c1-10(7-8-17-13-15)9-12(18-14-16)11-5-3-2-4-6-11/h2-6,10,12H,7-9H2,1H3. The minimum Gasteiger partial charge on any atom is -0.364 e. The van der Waals surface area contributed by atoms with Gasteiger partial charge in [0.25, 0.3) is 0 Å². The van der Waals surface area contributed by atoms with Crippen LogP contribution in [0.15, 0.2) is 41.0 Å². The molecular formula is C12H16N2O4. The van der Waals surface area contributed by atoms with Crippen molar-refractivity contribution in [2.45, 2.75) is 25.9 Å². The Morgan fingerprint density at radius 3 is 2.50 bits per heavy atom. The Morgan fingerprint density at radius 1 is 1.17 bits per heavy atom. The fraction of sp³-hybridized carbons (Fsp3) is 0.500. The summed E-state index contributed by atoms with van der Waals surface area (Å²) in [5.41, 5.74) is 0.901. The SMILES string of the molecule is CC(CCON=O)CC(ON=O)c1ccccc1. The van der Waals surface area contributed by atoms with Crippen LogP contribution in [0.25, 0.3) is 0 Å². The van der Waals surface area contributed by atoms with Crippen molar-refractivity contribution in [1.29, 1.82) is 0 Å². The zero-order valence-corrected chi connectivity index (χ0v) is 10.2. The Kier molecular flexibility index (Phi) is 6.38. The zero-order valence-electron chi connectivity index (χ0n) is 10.2. The molecule has 0 aliphatic carbocycles. The summed E-state index contributed by atoms with van der Waals surface area (Å²) in [7, 11) is 0. The molecule has 6 nitrogen and oxygen atoms in total. The second-order valence-electron chi connectivity index (χ2n) is 4.12. The lowest BCUT2D eigenvalue weighted by Crippen LogP contribution is -2.08. The molecule has 0 N–H and O–H groups in total. The molecule has 6 heteroatoms. The van der Waals surface area contributed by atoms with Gasteiger partial charge in [0, 0.05) is 0 Å². The molecule has 1 aromatic carbocycles. The van der Waals surface area contributed by atoms with Crippen LogP contribution in [0, 0.1) is 15.7 Å². The van der Waals surface area contributed by atoms with Crippen molar-refractivity contribution < 1.29 is 9.68 Å². The summed E-state index contributed by atoms with van der Waals surface area (Å²) in [5, 5.41) is 4.84. The monoisotopic (exact) mass is 252 g/mol. The predicted octanol–water partition coefficient (Wildman–Crippen LogP) is 3.54. The molecular weight excluding hydrogens is 236 g/mol. The van der Waals surface area contributed by atoms with Crippen LogP contribution in [0.1, 0.15) is 31.4 Å². The fourth-order valence-electron chi connectivity index (χ4n) is 1.73. The summed E-state index contributed by atoms with van der Waals surface area (Å²) in [4.78, 5) is 29.3. The number of rotatable bonds is 9. The van der Waals surface area contributed by atoms with Crippen LogP contribution in [-0.2, 0) is 9.68 Å². The number of hydrogen-bond donors (Lipinski definition) is 0. The molecule has 0 fully saturated rings. The topological polar surface area (TPSA) is 77.3 Å². The van der Waals surface area contributed by atoms with Gasteiger partial charge in [-0.25, -0.2) is 0 Å². The first-order valence-electron chi connectivity index (χ1n) is 5.76. The normalized spacial score (nSPS) is 13.4. The minimum atomic E-state index is -0.372. The van der Waals surface area contributed by atoms with E-state index in [1.807, 2.05) is 37.3 Å². The summed E-state index contributed by atoms with van der Waals surface area (Å²) < 4.78 is 0. The molecule has 1 rings (SSSR count). The first-order chi connectivity index (χ1) is 8.77. The second kappa shape index (κ2) is 8.16. The summed E-state index contributed by atoms with van der Waals surface area (Å²) in [6.07, 6.45) is 0.915. The molecule has 0 saturated carbocycles. The van der Waals surface area contributed by atoms with E-state index in [2.05, 4.69) is 15.5 Å². The third kappa shape index (κ3) is 4.90. The van der Waals surface area contributed by atoms with Gasteiger partial charge in [0.05, 0.1) is 0 Å². The Balaban J connectivity index is 2.52. The van der Waals surface area contributed by atoms with Crippen molar-refractivity contribution in [2.75, 3.05) is 6.61 Å². The van der Waals surface area contributed by atoms with E-state index in [1.165, 1.54) is 0 Å². The largest absolute Gasteiger partial charge is 0.364 e. The predicted molar refractivity (Wildman–Crippen MR) is 66.2 cm³/mol. The molecule has 0 aliphatic rings. The summed E-state index contributed by atoms with van der Waals surface area (Å²) in [6, 6.07) is 9.40. The molecule has 0 spiro atoms. The molecule has 0 saturated heterocycles. The van der Waals surface area contributed by atoms with E-state index in [-0.39, 0.29) is 18.6 Å². The molecule has 2 atom stereocenters. The smallest absolute Gasteiger partial charge is 0.156 e. The van der Waals surface area contributed by atoms with E-state index in [9.17, 15) is 9.81 Å². The number of hydrogen-bond acceptors (Lipinski definition) is 6. The van der Waals surface area contributed by atoms with Crippen molar-refractivity contribution in [1.82, 2.24) is 0 Å². The van der Waals surface area contributed by atoms with Crippen molar-refractivity contribution in [3.05, 3.63) is 45.7 Å². The van der Waals surface area contributed by atoms with Crippen molar-refractivity contribution in [2.24, 2.45) is 16.6 Å². The van der Waals surface area contributed by atoms with Crippen LogP contribution >= 0.6 is 0 Å². The highest BCUT2D eigenvalue weighted by Crippen LogP contribution is 2.26. The first-order valence-corrected chi connectivity index (χ1v) is 5.76. The summed E-state index contributed by atoms with van der Waals surface area (Å²) in [5.74, 6) is 0.221. The van der Waals surface area contributed by atoms with Crippen molar-refractivity contribution >= 4 is 0 Å². The first kappa shape index (κ1) is 14.1. The van der Waals surface area contributed by atoms with Gasteiger partial charge in [0.1, 0.15) is 6.61 Å². The van der Waals surface area contributed by atoms with E-state index >= 15 is 0 Å². The highest BCUT2D eigenvalue weighted by Gasteiger charge is 2.17. The van der Waals surface area contributed by atoms with Crippen LogP contribution in [0.4, 0.5) is 0 Å². The summed E-state index contributed by atoms with van der Waals surface area (Å²) >= 11 is 0. The molecule has 98 valence electrons. The van der Waals surface area contributed by atoms with Gasteiger partial charge in [-0.1, -0.05) is 37.3 Å². The van der Waals surface area contributed by atoms with E-state index in [0.717, 1.165) is 5.56 Å². The fourth-order valence-corrected chi connectivity index (χ4v) is 1.73. The van der Waals surface area contributed by atoms with Crippen LogP contribution in [-0.4, -0.2) is 6.61 Å². The van der Waals surface area contributed by atoms with Gasteiger partial charge >= 0.3 is 0 Å². The third-order valence-corrected chi connectivity index (χ3v) is 2.71. The minimum absolute atomic E-state index is 0.221. The van der Waals surface area contributed by atoms with Gasteiger partial charge in [0.2, 0.25) is 0 Å². The van der Waals surface area contributed by atoms with E-state index in [1.54, 1.807) is 0 Å². The molecule has 0 aliphatic heterocycles. The van der Waals surface area contributed by atoms with Gasteiger partial charge in [-0.15, -0.1) is 9.81 Å². The number of benzene rings is 1. The Labute approximate surface area is 105 Å². The van der Waals surface area contributed by atoms with Crippen LogP contribution in [0.2, 0.25) is 0 Å². The van der Waals surface area contributed by atoms with Crippen molar-refractivity contribution in [3.63, 3.8) is 0 Å². The van der Waals surface area contributed by atoms with Gasteiger partial charge in [-0.3, -0.25) is 0 Å². The highest BCUT2D eigenvalue weighted by molar-refractivity contribution is 5.17. The maximum atomic E-state index is 10.3. The van der Waals surface area contributed by atoms with E-state index in [0.29, 0.717) is 12.8 Å². The maximum Gasteiger partial charge on any atom is 0.156 e. The Bertz CT molecular complexity index is 358. The van der Waals surface area contributed by atoms with E-state index < -0.39 is 0 Å². The van der Waals surface area contributed by atoms with Crippen molar-refractivity contribution in [3.8, 4) is 0 Å². The molecule has 2 unspecified atom stereocenters. The molecule has 0 amide bonds. The molecule has 0 radical (unpaired) electrons. The molecule has 1 aromatic rings. The Hall–Kier alpha value is -1.98. The number of nitrogens with zero attached hydrogens (tertiary/aromatic N) is 2. The van der Waals surface area contributed by atoms with E-state index in [4.69, 9.17) is 4.84 Å². The molecule has 0 aromatic heterocycles. The highest BCUT2D eigenvalue weighted by atomic mass is 16.7. The second-order valence-corrected chi connectivity index (χ2v) is 4.12. The Morgan fingerprint density at radius 2 is 1.89 bits per heavy atom. The van der Waals surface area contributed by atoms with Gasteiger partial charge in [-0.05, 0) is 24.3 Å².